The third-order valence-corrected chi connectivity index (χ3v) is 19.8. The maximum atomic E-state index is 16.3. The fourth-order valence-corrected chi connectivity index (χ4v) is 15.6. The monoisotopic (exact) mass is 1340 g/mol. The molecule has 10 aromatic carbocycles. The van der Waals surface area contributed by atoms with Crippen molar-refractivity contribution in [2.75, 3.05) is 0 Å². The summed E-state index contributed by atoms with van der Waals surface area (Å²) in [5.41, 5.74) is -7.60. The van der Waals surface area contributed by atoms with E-state index in [0.717, 1.165) is 11.5 Å². The normalized spacial score (nSPS) is 12.2. The quantitative estimate of drug-likeness (QED) is 0.0331. The molecular weight excluding hydrogens is 1310 g/mol. The Morgan fingerprint density at radius 2 is 0.552 bits per heavy atom. The van der Waals surface area contributed by atoms with Crippen molar-refractivity contribution in [3.63, 3.8) is 0 Å². The molecule has 0 spiro atoms. The summed E-state index contributed by atoms with van der Waals surface area (Å²) in [6.07, 6.45) is -8.54. The predicted octanol–water partition coefficient (Wildman–Crippen LogP) is 14.3. The molecule has 87 heavy (non-hydrogen) atoms. The van der Waals surface area contributed by atoms with E-state index >= 15 is 4.32 Å². The molecule has 0 N–H and O–H groups in total. The zero-order valence-corrected chi connectivity index (χ0v) is 48.1. The third-order valence-electron chi connectivity index (χ3n) is 14.3. The van der Waals surface area contributed by atoms with Crippen molar-refractivity contribution in [3.05, 3.63) is 298 Å². The summed E-state index contributed by atoms with van der Waals surface area (Å²) in [6.45, 7) is 4.71. The molecule has 0 unspecified atom stereocenters. The number of hydrogen-bond acceptors (Lipinski definition) is 1. The van der Waals surface area contributed by atoms with Gasteiger partial charge in [-0.15, -0.1) is 17.7 Å². The Labute approximate surface area is 501 Å². The van der Waals surface area contributed by atoms with Crippen LogP contribution in [0.3, 0.4) is 0 Å². The molecule has 1 nitrogen and oxygen atoms in total. The number of fused-ring (bicyclic) bond motifs is 2. The van der Waals surface area contributed by atoms with Gasteiger partial charge in [-0.2, -0.15) is 12.1 Å². The molecule has 1 aliphatic heterocycles. The predicted molar refractivity (Wildman–Crippen MR) is 301 cm³/mol. The third kappa shape index (κ3) is 12.0. The zero-order chi connectivity index (χ0) is 62.1. The largest absolute Gasteiger partial charge is 2.00 e. The minimum Gasteiger partial charge on any atom is -0.498 e. The van der Waals surface area contributed by atoms with Gasteiger partial charge in [0.1, 0.15) is 82.6 Å². The van der Waals surface area contributed by atoms with Crippen LogP contribution in [0.15, 0.2) is 188 Å². The van der Waals surface area contributed by atoms with E-state index < -0.39 is 132 Å². The van der Waals surface area contributed by atoms with Gasteiger partial charge in [-0.1, -0.05) is 133 Å². The number of ether oxygens (including phenoxy) is 1. The van der Waals surface area contributed by atoms with Gasteiger partial charge >= 0.3 is 20.4 Å². The molecule has 0 fully saturated rings. The second kappa shape index (κ2) is 26.7. The summed E-state index contributed by atoms with van der Waals surface area (Å²) in [5, 5.41) is 8.05. The van der Waals surface area contributed by atoms with Crippen molar-refractivity contribution in [1.29, 1.82) is 0 Å². The Bertz CT molecular complexity index is 3670. The smallest absolute Gasteiger partial charge is 0.498 e. The van der Waals surface area contributed by atoms with Gasteiger partial charge in [-0.25, -0.2) is 65.9 Å². The summed E-state index contributed by atoms with van der Waals surface area (Å²) < 4.78 is 256. The second-order valence-electron chi connectivity index (χ2n) is 19.6. The fraction of sp³-hybridized carbons (Fsp3) is 0.0469. The first-order valence-electron chi connectivity index (χ1n) is 25.5. The Morgan fingerprint density at radius 3 is 0.782 bits per heavy atom. The number of hydrogen-bond donors (Lipinski definition) is 0. The maximum Gasteiger partial charge on any atom is 2.00 e. The summed E-state index contributed by atoms with van der Waals surface area (Å²) >= 11 is 0. The summed E-state index contributed by atoms with van der Waals surface area (Å²) in [7, 11) is -2.64. The van der Waals surface area contributed by atoms with E-state index in [2.05, 4.69) is 172 Å². The molecule has 0 aliphatic carbocycles. The molecule has 0 atom stereocenters. The SMILES string of the molecule is CC1(C)c2cccc([PH+](c3ccccc3)c3ccccc3)c2Oc2c([PH+](c3ccccc3)c3ccccc3)cccc21.F[C-](F)c1ccccc1.Fc1c(F)c(F)c([B-](F)(c2c(F)c(F)c(F)c(F)c2F)c2c(F)c(F)c(F)c(F)c2F)c(F)c1F.[Pd+2]. The summed E-state index contributed by atoms with van der Waals surface area (Å²) in [6, 6.07) is 65.1. The van der Waals surface area contributed by atoms with Crippen LogP contribution in [-0.4, -0.2) is 6.42 Å². The van der Waals surface area contributed by atoms with Crippen molar-refractivity contribution in [2.45, 2.75) is 19.3 Å². The first-order chi connectivity index (χ1) is 41.0. The van der Waals surface area contributed by atoms with Crippen molar-refractivity contribution >= 4 is 70.5 Å². The van der Waals surface area contributed by atoms with Crippen LogP contribution in [0.5, 0.6) is 11.5 Å². The maximum absolute atomic E-state index is 16.3. The van der Waals surface area contributed by atoms with Gasteiger partial charge in [0, 0.05) is 16.5 Å². The molecular formula is C64H39BF18OP2Pd+2. The van der Waals surface area contributed by atoms with E-state index in [4.69, 9.17) is 4.74 Å². The molecule has 0 saturated heterocycles. The summed E-state index contributed by atoms with van der Waals surface area (Å²) in [5.74, 6) is -47.2. The van der Waals surface area contributed by atoms with Crippen molar-refractivity contribution in [1.82, 2.24) is 0 Å². The van der Waals surface area contributed by atoms with E-state index in [1.165, 1.54) is 55.1 Å². The van der Waals surface area contributed by atoms with Crippen LogP contribution >= 0.6 is 15.8 Å². The first-order valence-corrected chi connectivity index (χ1v) is 28.5. The van der Waals surface area contributed by atoms with Gasteiger partial charge < -0.3 is 9.05 Å². The molecule has 0 aromatic heterocycles. The molecule has 11 rings (SSSR count). The fourth-order valence-electron chi connectivity index (χ4n) is 10.2. The van der Waals surface area contributed by atoms with Crippen molar-refractivity contribution in [3.8, 4) is 11.5 Å². The number of para-hydroxylation sites is 2. The van der Waals surface area contributed by atoms with Gasteiger partial charge in [-0.3, -0.25) is 8.78 Å². The Kier molecular flexibility index (Phi) is 20.0. The van der Waals surface area contributed by atoms with E-state index in [-0.39, 0.29) is 31.4 Å². The minimum absolute atomic E-state index is 0. The Hall–Kier alpha value is -7.80. The van der Waals surface area contributed by atoms with Crippen LogP contribution in [0.1, 0.15) is 30.5 Å². The average Bonchev–Trinajstić information content (AvgIpc) is 0.811. The van der Waals surface area contributed by atoms with Crippen LogP contribution in [0.4, 0.5) is 79.0 Å². The first kappa shape index (κ1) is 65.2. The number of halogens is 18. The van der Waals surface area contributed by atoms with E-state index in [1.54, 1.807) is 18.2 Å². The van der Waals surface area contributed by atoms with Gasteiger partial charge in [0.2, 0.25) is 0 Å². The molecule has 0 saturated carbocycles. The van der Waals surface area contributed by atoms with Crippen molar-refractivity contribution < 1.29 is 104 Å². The van der Waals surface area contributed by atoms with Crippen LogP contribution in [0.2, 0.25) is 0 Å². The van der Waals surface area contributed by atoms with Crippen molar-refractivity contribution in [2.24, 2.45) is 0 Å². The summed E-state index contributed by atoms with van der Waals surface area (Å²) in [4.78, 5) is 0. The second-order valence-corrected chi connectivity index (χ2v) is 24.5. The Balaban J connectivity index is 0.000000198. The molecule has 448 valence electrons. The molecule has 0 radical (unpaired) electrons. The molecule has 10 aromatic rings. The van der Waals surface area contributed by atoms with Gasteiger partial charge in [0.15, 0.2) is 70.3 Å². The van der Waals surface area contributed by atoms with Crippen LogP contribution in [0.25, 0.3) is 0 Å². The van der Waals surface area contributed by atoms with Gasteiger partial charge in [0.05, 0.1) is 0 Å². The topological polar surface area (TPSA) is 9.23 Å². The van der Waals surface area contributed by atoms with E-state index in [9.17, 15) is 74.6 Å². The average molecular weight is 1350 g/mol. The molecule has 0 amide bonds. The molecule has 0 bridgehead atoms. The van der Waals surface area contributed by atoms with E-state index in [0.29, 0.717) is 0 Å². The number of benzene rings is 10. The minimum atomic E-state index is -6.91. The molecule has 23 heteroatoms. The van der Waals surface area contributed by atoms with Crippen LogP contribution in [0, 0.1) is 93.7 Å². The molecule has 1 aliphatic rings. The van der Waals surface area contributed by atoms with Crippen LogP contribution in [-0.2, 0) is 25.8 Å². The van der Waals surface area contributed by atoms with E-state index in [1.807, 2.05) is 0 Å². The Morgan fingerprint density at radius 1 is 0.322 bits per heavy atom. The van der Waals surface area contributed by atoms with Gasteiger partial charge in [-0.05, 0) is 60.7 Å². The van der Waals surface area contributed by atoms with Gasteiger partial charge in [0.25, 0.3) is 6.42 Å². The number of rotatable bonds is 10. The standard InChI is InChI=1S/C39H32OP2.C18BF16.C7H5F2.Pd/c1-39(2)33-25-15-27-35(41(29-17-7-3-8-18-29)30-19-9-4-10-20-30)37(33)40-38-34(39)26-16-28-36(38)42(31-21-11-5-12-22-31)32-23-13-6-14-24-32;20-4-1(5(21)11(27)16(32)10(4)26)19(35,2-6(22)12(28)17(33)13(29)7(2)23)3-8(24)14(30)18(34)15(31)9(3)25;8-7(9)6-4-2-1-3-5-6;/h3-28H,1-2H3;;1-5H;/q;2*-1;+2/p+2. The zero-order valence-electron chi connectivity index (χ0n) is 44.5. The molecule has 1 heterocycles. The van der Waals surface area contributed by atoms with Crippen LogP contribution < -0.4 is 53.0 Å².